The third kappa shape index (κ3) is 4.71. The highest BCUT2D eigenvalue weighted by molar-refractivity contribution is 6.19. The molecule has 1 atom stereocenters. The molecule has 1 aliphatic rings. The molecule has 0 fully saturated rings. The summed E-state index contributed by atoms with van der Waals surface area (Å²) in [7, 11) is 0. The molecule has 0 aromatic heterocycles. The molecule has 1 aliphatic heterocycles. The molecule has 0 saturated carbocycles. The van der Waals surface area contributed by atoms with Crippen molar-refractivity contribution in [3.05, 3.63) is 72.9 Å². The number of rotatable bonds is 6. The lowest BCUT2D eigenvalue weighted by atomic mass is 9.95. The summed E-state index contributed by atoms with van der Waals surface area (Å²) in [6.07, 6.45) is 5.00. The van der Waals surface area contributed by atoms with Crippen LogP contribution >= 0.6 is 11.6 Å². The smallest absolute Gasteiger partial charge is 0.414 e. The number of anilines is 1. The first-order valence-electron chi connectivity index (χ1n) is 9.97. The number of fused-ring (bicyclic) bond motifs is 3. The molecule has 3 rings (SSSR count). The lowest BCUT2D eigenvalue weighted by Gasteiger charge is -2.25. The van der Waals surface area contributed by atoms with Crippen LogP contribution in [0.1, 0.15) is 32.3 Å². The maximum atomic E-state index is 12.9. The second-order valence-corrected chi connectivity index (χ2v) is 8.65. The lowest BCUT2D eigenvalue weighted by molar-refractivity contribution is 0.0582. The fourth-order valence-electron chi connectivity index (χ4n) is 3.57. The molecule has 1 amide bonds. The van der Waals surface area contributed by atoms with Gasteiger partial charge in [0, 0.05) is 29.8 Å². The molecule has 0 radical (unpaired) electrons. The highest BCUT2D eigenvalue weighted by Gasteiger charge is 2.36. The molecule has 1 unspecified atom stereocenters. The summed E-state index contributed by atoms with van der Waals surface area (Å²) < 4.78 is 11.7. The van der Waals surface area contributed by atoms with Gasteiger partial charge in [0.05, 0.1) is 5.69 Å². The van der Waals surface area contributed by atoms with Crippen molar-refractivity contribution in [1.29, 1.82) is 0 Å². The summed E-state index contributed by atoms with van der Waals surface area (Å²) in [6.45, 7) is 14.1. The molecule has 0 saturated heterocycles. The minimum atomic E-state index is -0.582. The van der Waals surface area contributed by atoms with E-state index < -0.39 is 5.60 Å². The number of ether oxygens (including phenoxy) is 2. The predicted molar refractivity (Wildman–Crippen MR) is 125 cm³/mol. The maximum Gasteiger partial charge on any atom is 0.414 e. The molecule has 0 aliphatic carbocycles. The van der Waals surface area contributed by atoms with E-state index in [-0.39, 0.29) is 12.0 Å². The molecule has 2 aromatic rings. The van der Waals surface area contributed by atoms with Crippen LogP contribution < -0.4 is 9.64 Å². The normalized spacial score (nSPS) is 16.0. The zero-order chi connectivity index (χ0) is 21.9. The molecule has 2 aromatic carbocycles. The Morgan fingerprint density at radius 2 is 2.00 bits per heavy atom. The fourth-order valence-corrected chi connectivity index (χ4v) is 3.82. The average molecular weight is 426 g/mol. The van der Waals surface area contributed by atoms with E-state index in [1.165, 1.54) is 0 Å². The Morgan fingerprint density at radius 3 is 2.63 bits per heavy atom. The van der Waals surface area contributed by atoms with Crippen molar-refractivity contribution >= 4 is 34.2 Å². The quantitative estimate of drug-likeness (QED) is 0.387. The molecular formula is C25H28ClNO3. The molecule has 0 N–H and O–H groups in total. The van der Waals surface area contributed by atoms with Crippen molar-refractivity contribution in [3.8, 4) is 5.75 Å². The van der Waals surface area contributed by atoms with Gasteiger partial charge in [0.1, 0.15) is 18.0 Å². The second kappa shape index (κ2) is 8.97. The number of hydrogen-bond donors (Lipinski definition) is 0. The van der Waals surface area contributed by atoms with E-state index in [2.05, 4.69) is 13.2 Å². The second-order valence-electron chi connectivity index (χ2n) is 8.34. The van der Waals surface area contributed by atoms with E-state index in [0.717, 1.165) is 27.6 Å². The van der Waals surface area contributed by atoms with Gasteiger partial charge in [-0.15, -0.1) is 11.6 Å². The van der Waals surface area contributed by atoms with E-state index in [4.69, 9.17) is 21.1 Å². The summed E-state index contributed by atoms with van der Waals surface area (Å²) in [5.74, 6) is 1.14. The van der Waals surface area contributed by atoms with Gasteiger partial charge in [0.25, 0.3) is 0 Å². The molecule has 4 nitrogen and oxygen atoms in total. The van der Waals surface area contributed by atoms with Gasteiger partial charge >= 0.3 is 6.09 Å². The van der Waals surface area contributed by atoms with Crippen molar-refractivity contribution in [2.45, 2.75) is 32.3 Å². The topological polar surface area (TPSA) is 38.8 Å². The first-order valence-corrected chi connectivity index (χ1v) is 10.5. The molecule has 5 heteroatoms. The van der Waals surface area contributed by atoms with Crippen LogP contribution in [0.5, 0.6) is 5.75 Å². The molecule has 0 spiro atoms. The van der Waals surface area contributed by atoms with Crippen LogP contribution in [0.25, 0.3) is 10.8 Å². The monoisotopic (exact) mass is 425 g/mol. The van der Waals surface area contributed by atoms with Crippen LogP contribution in [-0.4, -0.2) is 30.7 Å². The number of alkyl halides is 1. The number of amides is 1. The van der Waals surface area contributed by atoms with Crippen LogP contribution in [-0.2, 0) is 4.74 Å². The van der Waals surface area contributed by atoms with E-state index in [1.807, 2.05) is 63.3 Å². The highest BCUT2D eigenvalue weighted by atomic mass is 35.5. The third-order valence-corrected chi connectivity index (χ3v) is 5.18. The molecule has 158 valence electrons. The average Bonchev–Trinajstić information content (AvgIpc) is 3.08. The van der Waals surface area contributed by atoms with Crippen molar-refractivity contribution in [3.63, 3.8) is 0 Å². The minimum Gasteiger partial charge on any atom is -0.488 e. The van der Waals surface area contributed by atoms with Gasteiger partial charge in [-0.3, -0.25) is 4.90 Å². The summed E-state index contributed by atoms with van der Waals surface area (Å²) in [5, 5.41) is 2.02. The molecule has 30 heavy (non-hydrogen) atoms. The van der Waals surface area contributed by atoms with Crippen LogP contribution in [0.4, 0.5) is 10.5 Å². The first kappa shape index (κ1) is 22.0. The van der Waals surface area contributed by atoms with E-state index in [1.54, 1.807) is 11.0 Å². The van der Waals surface area contributed by atoms with Crippen molar-refractivity contribution < 1.29 is 14.3 Å². The zero-order valence-electron chi connectivity index (χ0n) is 17.8. The number of carbonyl (C=O) groups is 1. The van der Waals surface area contributed by atoms with Gasteiger partial charge in [-0.1, -0.05) is 55.7 Å². The van der Waals surface area contributed by atoms with Gasteiger partial charge < -0.3 is 9.47 Å². The van der Waals surface area contributed by atoms with Gasteiger partial charge in [0.2, 0.25) is 0 Å². The van der Waals surface area contributed by atoms with E-state index in [9.17, 15) is 4.79 Å². The number of carbonyl (C=O) groups excluding carboxylic acids is 1. The predicted octanol–water partition coefficient (Wildman–Crippen LogP) is 6.59. The van der Waals surface area contributed by atoms with Crippen LogP contribution in [0.3, 0.4) is 0 Å². The molecular weight excluding hydrogens is 398 g/mol. The standard InChI is InChI=1S/C25H28ClNO3/c1-6-7-10-17(2)16-29-22-13-21-23(20-12-9-8-11-19(20)22)18(14-26)15-27(21)24(28)30-25(3,4)5/h6-13,18H,1-2,14-16H2,3-5H3/b10-7-. The van der Waals surface area contributed by atoms with Crippen molar-refractivity contribution in [2.75, 3.05) is 23.9 Å². The summed E-state index contributed by atoms with van der Waals surface area (Å²) in [4.78, 5) is 14.6. The van der Waals surface area contributed by atoms with E-state index >= 15 is 0 Å². The highest BCUT2D eigenvalue weighted by Crippen LogP contribution is 2.46. The first-order chi connectivity index (χ1) is 14.2. The van der Waals surface area contributed by atoms with Crippen molar-refractivity contribution in [1.82, 2.24) is 0 Å². The van der Waals surface area contributed by atoms with Gasteiger partial charge in [-0.2, -0.15) is 0 Å². The Labute approximate surface area is 183 Å². The Kier molecular flexibility index (Phi) is 6.57. The summed E-state index contributed by atoms with van der Waals surface area (Å²) >= 11 is 6.29. The zero-order valence-corrected chi connectivity index (χ0v) is 18.5. The maximum absolute atomic E-state index is 12.9. The van der Waals surface area contributed by atoms with Crippen LogP contribution in [0.15, 0.2) is 67.3 Å². The third-order valence-electron chi connectivity index (χ3n) is 4.81. The molecule has 0 bridgehead atoms. The summed E-state index contributed by atoms with van der Waals surface area (Å²) in [5.41, 5.74) is 2.09. The Hall–Kier alpha value is -2.72. The van der Waals surface area contributed by atoms with E-state index in [0.29, 0.717) is 24.8 Å². The summed E-state index contributed by atoms with van der Waals surface area (Å²) in [6, 6.07) is 9.95. The number of nitrogens with zero attached hydrogens (tertiary/aromatic N) is 1. The van der Waals surface area contributed by atoms with Crippen LogP contribution in [0.2, 0.25) is 0 Å². The lowest BCUT2D eigenvalue weighted by Crippen LogP contribution is -2.36. The number of allylic oxidation sites excluding steroid dienone is 2. The number of benzene rings is 2. The SMILES string of the molecule is C=C/C=C\C(=C)COc1cc2c(c3ccccc13)C(CCl)CN2C(=O)OC(C)(C)C. The Morgan fingerprint density at radius 1 is 1.30 bits per heavy atom. The Balaban J connectivity index is 2.04. The van der Waals surface area contributed by atoms with Gasteiger partial charge in [-0.25, -0.2) is 4.79 Å². The van der Waals surface area contributed by atoms with Crippen molar-refractivity contribution in [2.24, 2.45) is 0 Å². The minimum absolute atomic E-state index is 0.0265. The Bertz CT molecular complexity index is 1000. The molecule has 1 heterocycles. The fraction of sp³-hybridized carbons (Fsp3) is 0.320. The van der Waals surface area contributed by atoms with Gasteiger partial charge in [-0.05, 0) is 37.3 Å². The number of hydrogen-bond acceptors (Lipinski definition) is 3. The number of halogens is 1. The van der Waals surface area contributed by atoms with Crippen LogP contribution in [0, 0.1) is 0 Å². The van der Waals surface area contributed by atoms with Gasteiger partial charge in [0.15, 0.2) is 0 Å². The largest absolute Gasteiger partial charge is 0.488 e.